The molecular formula is C2H2N3O. The summed E-state index contributed by atoms with van der Waals surface area (Å²) in [6, 6.07) is 0. The molecule has 6 heavy (non-hydrogen) atoms. The van der Waals surface area contributed by atoms with Crippen LogP contribution in [0.3, 0.4) is 0 Å². The molecule has 1 radical (unpaired) electrons. The van der Waals surface area contributed by atoms with Gasteiger partial charge in [0.05, 0.1) is 6.20 Å². The van der Waals surface area contributed by atoms with E-state index in [9.17, 15) is 0 Å². The predicted molar refractivity (Wildman–Crippen MR) is 16.0 cm³/mol. The van der Waals surface area contributed by atoms with Crippen LogP contribution in [0.1, 0.15) is 0 Å². The van der Waals surface area contributed by atoms with E-state index in [2.05, 4.69) is 16.4 Å². The molecule has 0 saturated carbocycles. The second kappa shape index (κ2) is 0.965. The molecule has 0 bridgehead atoms. The Balaban J connectivity index is 3.05. The highest BCUT2D eigenvalue weighted by molar-refractivity contribution is 4.52. The summed E-state index contributed by atoms with van der Waals surface area (Å²) in [4.78, 5) is 0.444. The number of rotatable bonds is 0. The van der Waals surface area contributed by atoms with Gasteiger partial charge in [-0.05, 0) is 4.96 Å². The van der Waals surface area contributed by atoms with Crippen molar-refractivity contribution >= 4 is 0 Å². The van der Waals surface area contributed by atoms with Gasteiger partial charge in [-0.2, -0.15) is 0 Å². The number of nitrogens with zero attached hydrogens (tertiary/aromatic N) is 3. The Morgan fingerprint density at radius 3 is 2.83 bits per heavy atom. The fourth-order valence-electron chi connectivity index (χ4n) is 0.181. The maximum Gasteiger partial charge on any atom is 0.138 e. The molecule has 1 N–H and O–H groups in total. The van der Waals surface area contributed by atoms with E-state index in [1.54, 1.807) is 0 Å². The van der Waals surface area contributed by atoms with Gasteiger partial charge in [0.2, 0.25) is 0 Å². The van der Waals surface area contributed by atoms with Gasteiger partial charge in [-0.1, -0.05) is 0 Å². The van der Waals surface area contributed by atoms with Crippen molar-refractivity contribution < 1.29 is 5.21 Å². The van der Waals surface area contributed by atoms with Gasteiger partial charge in [-0.15, -0.1) is 10.2 Å². The van der Waals surface area contributed by atoms with Crippen molar-refractivity contribution in [3.8, 4) is 0 Å². The zero-order valence-corrected chi connectivity index (χ0v) is 2.87. The van der Waals surface area contributed by atoms with Gasteiger partial charge in [0, 0.05) is 0 Å². The summed E-state index contributed by atoms with van der Waals surface area (Å²) in [7, 11) is 0. The predicted octanol–water partition coefficient (Wildman–Crippen LogP) is -0.684. The Bertz CT molecular complexity index is 112. The Labute approximate surface area is 34.0 Å². The molecule has 1 aromatic heterocycles. The molecule has 0 aliphatic heterocycles. The van der Waals surface area contributed by atoms with E-state index in [4.69, 9.17) is 5.21 Å². The second-order valence-corrected chi connectivity index (χ2v) is 0.742. The van der Waals surface area contributed by atoms with Crippen LogP contribution in [0, 0.1) is 6.20 Å². The zero-order chi connectivity index (χ0) is 4.41. The topological polar surface area (TPSA) is 50.9 Å². The molecule has 0 unspecified atom stereocenters. The van der Waals surface area contributed by atoms with E-state index in [0.717, 1.165) is 0 Å². The average Bonchev–Trinajstić information content (AvgIpc) is 1.86. The van der Waals surface area contributed by atoms with Gasteiger partial charge >= 0.3 is 0 Å². The minimum Gasteiger partial charge on any atom is -0.396 e. The lowest BCUT2D eigenvalue weighted by Gasteiger charge is -1.73. The standard InChI is InChI=1S/C2H2N3O/c6-5-3-1-2-4-5/h1,6H. The molecule has 1 aromatic rings. The van der Waals surface area contributed by atoms with Crippen LogP contribution in [-0.2, 0) is 0 Å². The average molecular weight is 84.1 g/mol. The van der Waals surface area contributed by atoms with Gasteiger partial charge in [-0.3, -0.25) is 0 Å². The van der Waals surface area contributed by atoms with Gasteiger partial charge < -0.3 is 5.21 Å². The third kappa shape index (κ3) is 0.314. The first kappa shape index (κ1) is 3.14. The van der Waals surface area contributed by atoms with Crippen molar-refractivity contribution in [2.45, 2.75) is 0 Å². The maximum absolute atomic E-state index is 8.14. The summed E-state index contributed by atoms with van der Waals surface area (Å²) < 4.78 is 0. The Morgan fingerprint density at radius 2 is 2.67 bits per heavy atom. The summed E-state index contributed by atoms with van der Waals surface area (Å²) >= 11 is 0. The van der Waals surface area contributed by atoms with Gasteiger partial charge in [-0.25, -0.2) is 0 Å². The summed E-state index contributed by atoms with van der Waals surface area (Å²) in [6.07, 6.45) is 3.55. The van der Waals surface area contributed by atoms with Crippen LogP contribution in [0.2, 0.25) is 0 Å². The Hall–Kier alpha value is -1.06. The molecule has 0 amide bonds. The summed E-state index contributed by atoms with van der Waals surface area (Å²) in [5.74, 6) is 0. The minimum absolute atomic E-state index is 0.444. The Morgan fingerprint density at radius 1 is 1.83 bits per heavy atom. The van der Waals surface area contributed by atoms with Crippen molar-refractivity contribution in [3.05, 3.63) is 12.4 Å². The SMILES string of the molecule is On1n[c]cn1. The fourth-order valence-corrected chi connectivity index (χ4v) is 0.181. The van der Waals surface area contributed by atoms with Crippen LogP contribution in [0.15, 0.2) is 6.20 Å². The molecule has 4 heteroatoms. The molecule has 0 fully saturated rings. The molecule has 0 spiro atoms. The number of hydrogen-bond acceptors (Lipinski definition) is 3. The summed E-state index contributed by atoms with van der Waals surface area (Å²) in [5, 5.41) is 14.5. The van der Waals surface area contributed by atoms with Crippen LogP contribution < -0.4 is 0 Å². The van der Waals surface area contributed by atoms with Crippen LogP contribution in [0.5, 0.6) is 0 Å². The van der Waals surface area contributed by atoms with Gasteiger partial charge in [0.1, 0.15) is 6.20 Å². The smallest absolute Gasteiger partial charge is 0.138 e. The first-order valence-corrected chi connectivity index (χ1v) is 1.37. The molecule has 0 aliphatic rings. The van der Waals surface area contributed by atoms with Crippen LogP contribution in [-0.4, -0.2) is 20.4 Å². The van der Waals surface area contributed by atoms with Crippen LogP contribution in [0.4, 0.5) is 0 Å². The highest BCUT2D eigenvalue weighted by atomic mass is 16.5. The van der Waals surface area contributed by atoms with E-state index >= 15 is 0 Å². The second-order valence-electron chi connectivity index (χ2n) is 0.742. The zero-order valence-electron chi connectivity index (χ0n) is 2.87. The highest BCUT2D eigenvalue weighted by Gasteiger charge is 1.74. The third-order valence-electron chi connectivity index (χ3n) is 0.366. The lowest BCUT2D eigenvalue weighted by atomic mass is 11.0. The van der Waals surface area contributed by atoms with Crippen molar-refractivity contribution in [2.75, 3.05) is 0 Å². The molecule has 4 nitrogen and oxygen atoms in total. The van der Waals surface area contributed by atoms with E-state index in [-0.39, 0.29) is 0 Å². The molecule has 1 heterocycles. The molecule has 31 valence electrons. The maximum atomic E-state index is 8.14. The minimum atomic E-state index is 0.444. The first-order chi connectivity index (χ1) is 2.89. The van der Waals surface area contributed by atoms with E-state index in [0.29, 0.717) is 4.96 Å². The molecule has 0 aliphatic carbocycles. The third-order valence-corrected chi connectivity index (χ3v) is 0.366. The lowest BCUT2D eigenvalue weighted by molar-refractivity contribution is 0.110. The first-order valence-electron chi connectivity index (χ1n) is 1.37. The van der Waals surface area contributed by atoms with E-state index in [1.807, 2.05) is 0 Å². The fraction of sp³-hybridized carbons (Fsp3) is 0. The van der Waals surface area contributed by atoms with E-state index in [1.165, 1.54) is 6.20 Å². The molecule has 1 rings (SSSR count). The largest absolute Gasteiger partial charge is 0.396 e. The monoisotopic (exact) mass is 84.0 g/mol. The Kier molecular flexibility index (Phi) is 0.506. The number of hydrogen-bond donors (Lipinski definition) is 1. The molecule has 0 atom stereocenters. The van der Waals surface area contributed by atoms with Crippen molar-refractivity contribution in [1.82, 2.24) is 15.2 Å². The molecule has 0 aromatic carbocycles. The van der Waals surface area contributed by atoms with Crippen molar-refractivity contribution in [2.24, 2.45) is 0 Å². The summed E-state index contributed by atoms with van der Waals surface area (Å²) in [5.41, 5.74) is 0. The van der Waals surface area contributed by atoms with E-state index < -0.39 is 0 Å². The van der Waals surface area contributed by atoms with Crippen LogP contribution >= 0.6 is 0 Å². The lowest BCUT2D eigenvalue weighted by Crippen LogP contribution is -1.92. The summed E-state index contributed by atoms with van der Waals surface area (Å²) in [6.45, 7) is 0. The van der Waals surface area contributed by atoms with Gasteiger partial charge in [0.15, 0.2) is 0 Å². The normalized spacial score (nSPS) is 8.67. The highest BCUT2D eigenvalue weighted by Crippen LogP contribution is 1.61. The molecule has 0 saturated heterocycles. The van der Waals surface area contributed by atoms with Crippen LogP contribution in [0.25, 0.3) is 0 Å². The van der Waals surface area contributed by atoms with Crippen molar-refractivity contribution in [1.29, 1.82) is 0 Å². The number of aromatic nitrogens is 3. The van der Waals surface area contributed by atoms with Gasteiger partial charge in [0.25, 0.3) is 0 Å². The van der Waals surface area contributed by atoms with Crippen molar-refractivity contribution in [3.63, 3.8) is 0 Å². The quantitative estimate of drug-likeness (QED) is 0.423. The molecular weight excluding hydrogens is 82.0 g/mol.